The van der Waals surface area contributed by atoms with E-state index >= 15 is 0 Å². The smallest absolute Gasteiger partial charge is 0.229 e. The average Bonchev–Trinajstić information content (AvgIpc) is 2.91. The fourth-order valence-corrected chi connectivity index (χ4v) is 3.05. The van der Waals surface area contributed by atoms with Crippen molar-refractivity contribution in [1.82, 2.24) is 9.97 Å². The number of amides is 1. The van der Waals surface area contributed by atoms with Gasteiger partial charge in [-0.2, -0.15) is 0 Å². The lowest BCUT2D eigenvalue weighted by atomic mass is 10.1. The monoisotopic (exact) mass is 369 g/mol. The maximum absolute atomic E-state index is 13.1. The normalized spacial score (nSPS) is 11.1. The van der Waals surface area contributed by atoms with Gasteiger partial charge in [-0.1, -0.05) is 31.5 Å². The topological polar surface area (TPSA) is 74.8 Å². The Kier molecular flexibility index (Phi) is 5.09. The second-order valence-electron chi connectivity index (χ2n) is 6.71. The zero-order valence-electron chi connectivity index (χ0n) is 14.9. The summed E-state index contributed by atoms with van der Waals surface area (Å²) in [6.45, 7) is 5.77. The van der Waals surface area contributed by atoms with E-state index in [1.165, 1.54) is 0 Å². The number of anilines is 1. The molecule has 134 valence electrons. The average molecular weight is 370 g/mol. The molecule has 0 aliphatic rings. The molecule has 2 heterocycles. The van der Waals surface area contributed by atoms with Crippen LogP contribution in [0.15, 0.2) is 36.5 Å². The molecule has 0 unspecified atom stereocenters. The first-order valence-corrected chi connectivity index (χ1v) is 8.82. The van der Waals surface area contributed by atoms with Crippen LogP contribution in [0, 0.1) is 12.8 Å². The Hall–Kier alpha value is -2.66. The first-order chi connectivity index (χ1) is 12.4. The van der Waals surface area contributed by atoms with E-state index in [1.807, 2.05) is 26.8 Å². The van der Waals surface area contributed by atoms with Gasteiger partial charge in [-0.15, -0.1) is 0 Å². The fraction of sp³-hybridized carbons (Fsp3) is 0.250. The highest BCUT2D eigenvalue weighted by Gasteiger charge is 2.23. The van der Waals surface area contributed by atoms with Crippen LogP contribution in [-0.2, 0) is 4.79 Å². The van der Waals surface area contributed by atoms with Crippen LogP contribution in [0.25, 0.3) is 10.9 Å². The van der Waals surface area contributed by atoms with Gasteiger partial charge in [0, 0.05) is 28.5 Å². The number of fused-ring (bicyclic) bond motifs is 1. The number of hydrogen-bond donors (Lipinski definition) is 2. The number of nitrogens with zero attached hydrogens (tertiary/aromatic N) is 1. The molecular weight excluding hydrogens is 350 g/mol. The second-order valence-corrected chi connectivity index (χ2v) is 7.15. The standard InChI is InChI=1S/C20H20ClN3O2/c1-11(2)9-16(25)24-18-14-7-6-13(21)10-15(14)23-19(18)20(26)17-12(3)5-4-8-22-17/h4-8,10-11,23H,9H2,1-3H3,(H,24,25). The summed E-state index contributed by atoms with van der Waals surface area (Å²) in [5.41, 5.74) is 2.59. The molecule has 5 nitrogen and oxygen atoms in total. The minimum atomic E-state index is -0.268. The molecule has 0 fully saturated rings. The van der Waals surface area contributed by atoms with Crippen molar-refractivity contribution in [2.45, 2.75) is 27.2 Å². The molecule has 2 aromatic heterocycles. The van der Waals surface area contributed by atoms with E-state index in [0.717, 1.165) is 10.9 Å². The van der Waals surface area contributed by atoms with E-state index < -0.39 is 0 Å². The summed E-state index contributed by atoms with van der Waals surface area (Å²) in [6, 6.07) is 8.87. The molecule has 1 aromatic carbocycles. The number of pyridine rings is 1. The Labute approximate surface area is 156 Å². The number of aromatic amines is 1. The zero-order valence-corrected chi connectivity index (χ0v) is 15.6. The van der Waals surface area contributed by atoms with Gasteiger partial charge >= 0.3 is 0 Å². The number of H-pyrrole nitrogens is 1. The molecule has 3 rings (SSSR count). The number of hydrogen-bond acceptors (Lipinski definition) is 3. The van der Waals surface area contributed by atoms with Crippen LogP contribution in [0.4, 0.5) is 5.69 Å². The summed E-state index contributed by atoms with van der Waals surface area (Å²) >= 11 is 6.07. The van der Waals surface area contributed by atoms with Crippen molar-refractivity contribution in [2.75, 3.05) is 5.32 Å². The third kappa shape index (κ3) is 3.63. The number of carbonyl (C=O) groups is 2. The maximum atomic E-state index is 13.1. The van der Waals surface area contributed by atoms with Gasteiger partial charge in [0.2, 0.25) is 11.7 Å². The molecule has 0 atom stereocenters. The van der Waals surface area contributed by atoms with E-state index in [-0.39, 0.29) is 17.6 Å². The molecule has 0 aliphatic carbocycles. The van der Waals surface area contributed by atoms with E-state index in [4.69, 9.17) is 11.6 Å². The van der Waals surface area contributed by atoms with Crippen molar-refractivity contribution in [3.8, 4) is 0 Å². The Morgan fingerprint density at radius 3 is 2.73 bits per heavy atom. The van der Waals surface area contributed by atoms with Crippen LogP contribution >= 0.6 is 11.6 Å². The molecule has 26 heavy (non-hydrogen) atoms. The molecule has 6 heteroatoms. The third-order valence-electron chi connectivity index (χ3n) is 4.07. The maximum Gasteiger partial charge on any atom is 0.229 e. The largest absolute Gasteiger partial charge is 0.350 e. The van der Waals surface area contributed by atoms with Gasteiger partial charge in [-0.05, 0) is 42.7 Å². The van der Waals surface area contributed by atoms with Crippen LogP contribution < -0.4 is 5.32 Å². The molecule has 1 amide bonds. The number of nitrogens with one attached hydrogen (secondary N) is 2. The highest BCUT2D eigenvalue weighted by molar-refractivity contribution is 6.31. The van der Waals surface area contributed by atoms with E-state index in [9.17, 15) is 9.59 Å². The SMILES string of the molecule is Cc1cccnc1C(=O)c1[nH]c2cc(Cl)ccc2c1NC(=O)CC(C)C. The van der Waals surface area contributed by atoms with Gasteiger partial charge in [-0.25, -0.2) is 0 Å². The predicted molar refractivity (Wildman–Crippen MR) is 104 cm³/mol. The van der Waals surface area contributed by atoms with Crippen molar-refractivity contribution in [3.05, 3.63) is 58.5 Å². The Morgan fingerprint density at radius 1 is 1.27 bits per heavy atom. The number of halogens is 1. The lowest BCUT2D eigenvalue weighted by molar-refractivity contribution is -0.116. The molecule has 0 saturated carbocycles. The van der Waals surface area contributed by atoms with E-state index in [2.05, 4.69) is 15.3 Å². The number of aryl methyl sites for hydroxylation is 1. The second kappa shape index (κ2) is 7.30. The summed E-state index contributed by atoms with van der Waals surface area (Å²) in [7, 11) is 0. The minimum Gasteiger partial charge on any atom is -0.350 e. The van der Waals surface area contributed by atoms with Crippen molar-refractivity contribution >= 4 is 39.9 Å². The molecule has 3 aromatic rings. The highest BCUT2D eigenvalue weighted by atomic mass is 35.5. The molecular formula is C20H20ClN3O2. The van der Waals surface area contributed by atoms with Crippen LogP contribution in [0.5, 0.6) is 0 Å². The first kappa shape index (κ1) is 18.1. The summed E-state index contributed by atoms with van der Waals surface area (Å²) in [5.74, 6) is -0.190. The number of carbonyl (C=O) groups excluding carboxylic acids is 2. The summed E-state index contributed by atoms with van der Waals surface area (Å²) in [6.07, 6.45) is 1.95. The van der Waals surface area contributed by atoms with Crippen LogP contribution in [0.2, 0.25) is 5.02 Å². The van der Waals surface area contributed by atoms with Gasteiger partial charge < -0.3 is 10.3 Å². The number of aromatic nitrogens is 2. The lowest BCUT2D eigenvalue weighted by Gasteiger charge is -2.09. The van der Waals surface area contributed by atoms with Crippen molar-refractivity contribution in [2.24, 2.45) is 5.92 Å². The first-order valence-electron chi connectivity index (χ1n) is 8.44. The van der Waals surface area contributed by atoms with Gasteiger partial charge in [0.15, 0.2) is 0 Å². The number of benzene rings is 1. The summed E-state index contributed by atoms with van der Waals surface area (Å²) in [5, 5.41) is 4.18. The molecule has 0 radical (unpaired) electrons. The molecule has 0 aliphatic heterocycles. The number of ketones is 1. The number of rotatable bonds is 5. The van der Waals surface area contributed by atoms with Crippen molar-refractivity contribution < 1.29 is 9.59 Å². The Balaban J connectivity index is 2.11. The summed E-state index contributed by atoms with van der Waals surface area (Å²) < 4.78 is 0. The lowest BCUT2D eigenvalue weighted by Crippen LogP contribution is -2.17. The van der Waals surface area contributed by atoms with Gasteiger partial charge in [0.1, 0.15) is 11.4 Å². The van der Waals surface area contributed by atoms with Crippen LogP contribution in [0.3, 0.4) is 0 Å². The quantitative estimate of drug-likeness (QED) is 0.638. The Morgan fingerprint density at radius 2 is 2.04 bits per heavy atom. The minimum absolute atomic E-state index is 0.136. The molecule has 0 saturated heterocycles. The predicted octanol–water partition coefficient (Wildman–Crippen LogP) is 4.74. The highest BCUT2D eigenvalue weighted by Crippen LogP contribution is 2.31. The van der Waals surface area contributed by atoms with Gasteiger partial charge in [0.05, 0.1) is 5.69 Å². The fourth-order valence-electron chi connectivity index (χ4n) is 2.87. The van der Waals surface area contributed by atoms with Crippen LogP contribution in [-0.4, -0.2) is 21.7 Å². The summed E-state index contributed by atoms with van der Waals surface area (Å²) in [4.78, 5) is 32.7. The molecule has 0 bridgehead atoms. The molecule has 2 N–H and O–H groups in total. The Bertz CT molecular complexity index is 992. The van der Waals surface area contributed by atoms with Gasteiger partial charge in [0.25, 0.3) is 0 Å². The van der Waals surface area contributed by atoms with E-state index in [1.54, 1.807) is 30.5 Å². The molecule has 0 spiro atoms. The van der Waals surface area contributed by atoms with Crippen molar-refractivity contribution in [3.63, 3.8) is 0 Å². The van der Waals surface area contributed by atoms with Crippen LogP contribution in [0.1, 0.15) is 42.0 Å². The third-order valence-corrected chi connectivity index (χ3v) is 4.31. The van der Waals surface area contributed by atoms with Crippen molar-refractivity contribution in [1.29, 1.82) is 0 Å². The van der Waals surface area contributed by atoms with E-state index in [0.29, 0.717) is 34.0 Å². The van der Waals surface area contributed by atoms with Gasteiger partial charge in [-0.3, -0.25) is 14.6 Å². The zero-order chi connectivity index (χ0) is 18.8.